The molecule has 2 fully saturated rings. The first kappa shape index (κ1) is 27.3. The fourth-order valence-electron chi connectivity index (χ4n) is 4.43. The van der Waals surface area contributed by atoms with Crippen LogP contribution in [0.4, 0.5) is 0 Å². The third-order valence-electron chi connectivity index (χ3n) is 6.32. The van der Waals surface area contributed by atoms with E-state index in [1.807, 2.05) is 0 Å². The maximum absolute atomic E-state index is 11.2. The quantitative estimate of drug-likeness (QED) is 0.321. The van der Waals surface area contributed by atoms with Gasteiger partial charge in [0.1, 0.15) is 11.6 Å². The zero-order valence-electron chi connectivity index (χ0n) is 20.3. The van der Waals surface area contributed by atoms with Gasteiger partial charge >= 0.3 is 0 Å². The Balaban J connectivity index is 0.000000300. The van der Waals surface area contributed by atoms with Crippen LogP contribution in [0.25, 0.3) is 0 Å². The molecule has 0 atom stereocenters. The van der Waals surface area contributed by atoms with Crippen LogP contribution in [-0.2, 0) is 9.59 Å². The molecule has 0 N–H and O–H groups in total. The van der Waals surface area contributed by atoms with Crippen molar-refractivity contribution in [1.82, 2.24) is 9.80 Å². The summed E-state index contributed by atoms with van der Waals surface area (Å²) in [6.45, 7) is 10.5. The molecule has 0 aromatic rings. The van der Waals surface area contributed by atoms with E-state index < -0.39 is 0 Å². The maximum atomic E-state index is 11.2. The summed E-state index contributed by atoms with van der Waals surface area (Å²) in [6, 6.07) is 0. The highest BCUT2D eigenvalue weighted by molar-refractivity contribution is 5.81. The number of hydrogen-bond acceptors (Lipinski definition) is 4. The number of unbranched alkanes of at least 4 members (excludes halogenated alkanes) is 10. The average Bonchev–Trinajstić information content (AvgIpc) is 2.74. The van der Waals surface area contributed by atoms with Gasteiger partial charge in [-0.3, -0.25) is 19.4 Å². The van der Waals surface area contributed by atoms with Crippen LogP contribution in [-0.4, -0.2) is 60.6 Å². The number of hydrogen-bond donors (Lipinski definition) is 0. The normalized spacial score (nSPS) is 18.3. The van der Waals surface area contributed by atoms with Crippen LogP contribution in [0.3, 0.4) is 0 Å². The molecule has 2 aliphatic heterocycles. The first-order valence-electron chi connectivity index (χ1n) is 13.1. The number of piperidine rings is 2. The molecule has 0 amide bonds. The summed E-state index contributed by atoms with van der Waals surface area (Å²) in [7, 11) is 0. The third-order valence-corrected chi connectivity index (χ3v) is 6.32. The molecule has 4 nitrogen and oxygen atoms in total. The summed E-state index contributed by atoms with van der Waals surface area (Å²) in [5.41, 5.74) is 0. The Labute approximate surface area is 187 Å². The fourth-order valence-corrected chi connectivity index (χ4v) is 4.43. The monoisotopic (exact) mass is 422 g/mol. The molecule has 2 rings (SSSR count). The highest BCUT2D eigenvalue weighted by Gasteiger charge is 2.16. The van der Waals surface area contributed by atoms with Gasteiger partial charge in [-0.2, -0.15) is 0 Å². The first-order chi connectivity index (χ1) is 14.7. The second-order valence-corrected chi connectivity index (χ2v) is 9.37. The van der Waals surface area contributed by atoms with Gasteiger partial charge in [0, 0.05) is 12.8 Å². The van der Waals surface area contributed by atoms with Crippen LogP contribution >= 0.6 is 0 Å². The van der Waals surface area contributed by atoms with E-state index in [-0.39, 0.29) is 0 Å². The fraction of sp³-hybridized carbons (Fsp3) is 0.923. The number of carbonyl (C=O) groups excluding carboxylic acids is 2. The summed E-state index contributed by atoms with van der Waals surface area (Å²) in [4.78, 5) is 27.1. The van der Waals surface area contributed by atoms with Crippen LogP contribution in [0.5, 0.6) is 0 Å². The van der Waals surface area contributed by atoms with Gasteiger partial charge in [0.25, 0.3) is 0 Å². The summed E-state index contributed by atoms with van der Waals surface area (Å²) in [5, 5.41) is 0. The molecule has 2 aliphatic rings. The Morgan fingerprint density at radius 1 is 0.567 bits per heavy atom. The van der Waals surface area contributed by atoms with Gasteiger partial charge in [-0.05, 0) is 51.9 Å². The largest absolute Gasteiger partial charge is 0.298 e. The Kier molecular flexibility index (Phi) is 17.3. The average molecular weight is 423 g/mol. The second-order valence-electron chi connectivity index (χ2n) is 9.37. The SMILES string of the molecule is CCCCCCCCN1CCCC(=O)C1.CCCCCCCCN1CCCC(=O)C1. The maximum Gasteiger partial charge on any atom is 0.146 e. The number of nitrogens with zero attached hydrogens (tertiary/aromatic N) is 2. The van der Waals surface area contributed by atoms with Crippen molar-refractivity contribution in [2.45, 2.75) is 117 Å². The van der Waals surface area contributed by atoms with Crippen molar-refractivity contribution < 1.29 is 9.59 Å². The smallest absolute Gasteiger partial charge is 0.146 e. The lowest BCUT2D eigenvalue weighted by Gasteiger charge is -2.25. The zero-order chi connectivity index (χ0) is 21.9. The summed E-state index contributed by atoms with van der Waals surface area (Å²) in [6.07, 6.45) is 19.9. The van der Waals surface area contributed by atoms with E-state index in [9.17, 15) is 9.59 Å². The molecule has 0 aromatic carbocycles. The molecule has 4 heteroatoms. The minimum absolute atomic E-state index is 0.437. The summed E-state index contributed by atoms with van der Waals surface area (Å²) >= 11 is 0. The van der Waals surface area contributed by atoms with Crippen LogP contribution in [0.2, 0.25) is 0 Å². The standard InChI is InChI=1S/2C13H25NO/c2*1-2-3-4-5-6-7-10-14-11-8-9-13(15)12-14/h2*2-12H2,1H3. The molecule has 0 aliphatic carbocycles. The Morgan fingerprint density at radius 3 is 1.30 bits per heavy atom. The number of carbonyl (C=O) groups is 2. The van der Waals surface area contributed by atoms with Crippen molar-refractivity contribution in [3.63, 3.8) is 0 Å². The predicted molar refractivity (Wildman–Crippen MR) is 128 cm³/mol. The Morgan fingerprint density at radius 2 is 0.933 bits per heavy atom. The molecular weight excluding hydrogens is 372 g/mol. The topological polar surface area (TPSA) is 40.6 Å². The first-order valence-corrected chi connectivity index (χ1v) is 13.1. The molecule has 0 aromatic heterocycles. The number of Topliss-reactive ketones (excluding diaryl/α,β-unsaturated/α-hetero) is 2. The molecular formula is C26H50N2O2. The van der Waals surface area contributed by atoms with E-state index in [4.69, 9.17) is 0 Å². The molecule has 0 saturated carbocycles. The van der Waals surface area contributed by atoms with Gasteiger partial charge in [-0.25, -0.2) is 0 Å². The van der Waals surface area contributed by atoms with E-state index >= 15 is 0 Å². The molecule has 0 radical (unpaired) electrons. The highest BCUT2D eigenvalue weighted by Crippen LogP contribution is 2.10. The highest BCUT2D eigenvalue weighted by atomic mass is 16.1. The molecule has 2 saturated heterocycles. The van der Waals surface area contributed by atoms with Gasteiger partial charge in [-0.1, -0.05) is 78.1 Å². The molecule has 0 bridgehead atoms. The lowest BCUT2D eigenvalue weighted by atomic mass is 10.1. The van der Waals surface area contributed by atoms with Crippen molar-refractivity contribution in [1.29, 1.82) is 0 Å². The summed E-state index contributed by atoms with van der Waals surface area (Å²) in [5.74, 6) is 0.875. The van der Waals surface area contributed by atoms with Crippen molar-refractivity contribution in [3.05, 3.63) is 0 Å². The van der Waals surface area contributed by atoms with Crippen molar-refractivity contribution >= 4 is 11.6 Å². The number of likely N-dealkylation sites (tertiary alicyclic amines) is 2. The number of ketones is 2. The summed E-state index contributed by atoms with van der Waals surface area (Å²) < 4.78 is 0. The van der Waals surface area contributed by atoms with Crippen LogP contribution in [0, 0.1) is 0 Å². The Bertz CT molecular complexity index is 399. The van der Waals surface area contributed by atoms with E-state index in [0.29, 0.717) is 11.6 Å². The lowest BCUT2D eigenvalue weighted by Crippen LogP contribution is -2.36. The minimum atomic E-state index is 0.437. The lowest BCUT2D eigenvalue weighted by molar-refractivity contribution is -0.122. The third kappa shape index (κ3) is 15.1. The van der Waals surface area contributed by atoms with Crippen LogP contribution in [0.15, 0.2) is 0 Å². The zero-order valence-corrected chi connectivity index (χ0v) is 20.3. The molecule has 0 spiro atoms. The van der Waals surface area contributed by atoms with Gasteiger partial charge in [-0.15, -0.1) is 0 Å². The van der Waals surface area contributed by atoms with Gasteiger partial charge < -0.3 is 0 Å². The minimum Gasteiger partial charge on any atom is -0.298 e. The van der Waals surface area contributed by atoms with Crippen molar-refractivity contribution in [3.8, 4) is 0 Å². The Hall–Kier alpha value is -0.740. The van der Waals surface area contributed by atoms with Crippen LogP contribution in [0.1, 0.15) is 117 Å². The van der Waals surface area contributed by atoms with E-state index in [1.54, 1.807) is 0 Å². The predicted octanol–water partition coefficient (Wildman–Crippen LogP) is 6.02. The van der Waals surface area contributed by atoms with Gasteiger partial charge in [0.2, 0.25) is 0 Å². The molecule has 0 unspecified atom stereocenters. The van der Waals surface area contributed by atoms with Crippen molar-refractivity contribution in [2.75, 3.05) is 39.3 Å². The van der Waals surface area contributed by atoms with Gasteiger partial charge in [0.15, 0.2) is 0 Å². The second kappa shape index (κ2) is 19.0. The van der Waals surface area contributed by atoms with Crippen molar-refractivity contribution in [2.24, 2.45) is 0 Å². The van der Waals surface area contributed by atoms with E-state index in [0.717, 1.165) is 65.0 Å². The molecule has 176 valence electrons. The van der Waals surface area contributed by atoms with E-state index in [1.165, 1.54) is 77.0 Å². The molecule has 30 heavy (non-hydrogen) atoms. The van der Waals surface area contributed by atoms with Crippen LogP contribution < -0.4 is 0 Å². The molecule has 2 heterocycles. The number of rotatable bonds is 14. The van der Waals surface area contributed by atoms with Gasteiger partial charge in [0.05, 0.1) is 13.1 Å². The van der Waals surface area contributed by atoms with E-state index in [2.05, 4.69) is 23.6 Å².